The van der Waals surface area contributed by atoms with Crippen LogP contribution in [0.4, 0.5) is 5.69 Å². The standard InChI is InChI=1S/C32H25Cl2N5O5S2/c1-17-6-5-7-21(12-17)39-28(40)25(46-32(39)45)14-18-8-11-23(24(13-18)43-4)44-30-35-27-26(29(41)37(3)31(42)36(27)2)38(30)16-19-9-10-20(33)15-22(19)34/h5-15H,16H2,1-4H3. The summed E-state index contributed by atoms with van der Waals surface area (Å²) in [5, 5.41) is 0.845. The van der Waals surface area contributed by atoms with Gasteiger partial charge in [0.05, 0.1) is 24.2 Å². The summed E-state index contributed by atoms with van der Waals surface area (Å²) < 4.78 is 16.2. The summed E-state index contributed by atoms with van der Waals surface area (Å²) in [5.74, 6) is 0.405. The van der Waals surface area contributed by atoms with Gasteiger partial charge in [0.2, 0.25) is 0 Å². The number of halogens is 2. The number of carbonyl (C=O) groups is 1. The van der Waals surface area contributed by atoms with Crippen LogP contribution in [0.1, 0.15) is 16.7 Å². The normalized spacial score (nSPS) is 14.1. The molecule has 3 aromatic carbocycles. The second-order valence-corrected chi connectivity index (χ2v) is 13.0. The molecule has 10 nitrogen and oxygen atoms in total. The molecule has 2 aromatic heterocycles. The topological polar surface area (TPSA) is 101 Å². The minimum absolute atomic E-state index is 0.0318. The molecule has 1 aliphatic heterocycles. The van der Waals surface area contributed by atoms with E-state index in [0.717, 1.165) is 10.1 Å². The van der Waals surface area contributed by atoms with Gasteiger partial charge in [-0.05, 0) is 66.1 Å². The van der Waals surface area contributed by atoms with Gasteiger partial charge in [0, 0.05) is 24.1 Å². The van der Waals surface area contributed by atoms with Gasteiger partial charge in [-0.3, -0.25) is 28.2 Å². The quantitative estimate of drug-likeness (QED) is 0.145. The fourth-order valence-corrected chi connectivity index (χ4v) is 6.80. The lowest BCUT2D eigenvalue weighted by Crippen LogP contribution is -2.37. The van der Waals surface area contributed by atoms with Crippen molar-refractivity contribution in [1.82, 2.24) is 18.7 Å². The molecule has 0 saturated carbocycles. The molecule has 1 aliphatic rings. The molecule has 0 aliphatic carbocycles. The highest BCUT2D eigenvalue weighted by Gasteiger charge is 2.33. The van der Waals surface area contributed by atoms with Crippen molar-refractivity contribution in [1.29, 1.82) is 0 Å². The highest BCUT2D eigenvalue weighted by atomic mass is 35.5. The molecule has 0 unspecified atom stereocenters. The number of amides is 1. The molecule has 234 valence electrons. The number of thioether (sulfide) groups is 1. The Hall–Kier alpha value is -4.36. The summed E-state index contributed by atoms with van der Waals surface area (Å²) in [4.78, 5) is 45.9. The molecular weight excluding hydrogens is 669 g/mol. The van der Waals surface area contributed by atoms with Crippen LogP contribution in [-0.2, 0) is 25.4 Å². The smallest absolute Gasteiger partial charge is 0.332 e. The maximum atomic E-state index is 13.3. The molecule has 0 bridgehead atoms. The van der Waals surface area contributed by atoms with Crippen molar-refractivity contribution in [3.8, 4) is 17.5 Å². The predicted molar refractivity (Wildman–Crippen MR) is 186 cm³/mol. The Bertz CT molecular complexity index is 2240. The van der Waals surface area contributed by atoms with E-state index in [4.69, 9.17) is 44.9 Å². The van der Waals surface area contributed by atoms with Gasteiger partial charge in [0.25, 0.3) is 11.5 Å². The van der Waals surface area contributed by atoms with Gasteiger partial charge in [-0.25, -0.2) is 4.79 Å². The molecule has 0 radical (unpaired) electrons. The summed E-state index contributed by atoms with van der Waals surface area (Å²) in [7, 11) is 4.41. The van der Waals surface area contributed by atoms with E-state index in [9.17, 15) is 14.4 Å². The Balaban J connectivity index is 1.38. The highest BCUT2D eigenvalue weighted by Crippen LogP contribution is 2.38. The van der Waals surface area contributed by atoms with E-state index in [2.05, 4.69) is 4.98 Å². The number of rotatable bonds is 7. The third-order valence-corrected chi connectivity index (χ3v) is 9.29. The fourth-order valence-electron chi connectivity index (χ4n) is 5.04. The van der Waals surface area contributed by atoms with Crippen molar-refractivity contribution in [2.45, 2.75) is 13.5 Å². The van der Waals surface area contributed by atoms with E-state index in [1.54, 1.807) is 47.0 Å². The highest BCUT2D eigenvalue weighted by molar-refractivity contribution is 8.27. The zero-order valence-corrected chi connectivity index (χ0v) is 28.1. The van der Waals surface area contributed by atoms with Crippen molar-refractivity contribution in [3.63, 3.8) is 0 Å². The van der Waals surface area contributed by atoms with Gasteiger partial charge < -0.3 is 9.47 Å². The average Bonchev–Trinajstić information content (AvgIpc) is 3.52. The third kappa shape index (κ3) is 5.73. The summed E-state index contributed by atoms with van der Waals surface area (Å²) >= 11 is 19.3. The number of imidazole rings is 1. The van der Waals surface area contributed by atoms with Crippen LogP contribution in [0.3, 0.4) is 0 Å². The molecule has 0 spiro atoms. The van der Waals surface area contributed by atoms with Crippen LogP contribution in [0, 0.1) is 6.92 Å². The van der Waals surface area contributed by atoms with Gasteiger partial charge in [0.1, 0.15) is 0 Å². The number of carbonyl (C=O) groups excluding carboxylic acids is 1. The second kappa shape index (κ2) is 12.4. The lowest BCUT2D eigenvalue weighted by molar-refractivity contribution is -0.113. The second-order valence-electron chi connectivity index (χ2n) is 10.5. The number of ether oxygens (including phenoxy) is 2. The summed E-state index contributed by atoms with van der Waals surface area (Å²) in [6, 6.07) is 17.8. The van der Waals surface area contributed by atoms with Crippen molar-refractivity contribution in [2.75, 3.05) is 12.0 Å². The summed E-state index contributed by atoms with van der Waals surface area (Å²) in [5.41, 5.74) is 2.26. The van der Waals surface area contributed by atoms with E-state index in [1.807, 2.05) is 31.2 Å². The van der Waals surface area contributed by atoms with Gasteiger partial charge in [0.15, 0.2) is 27.0 Å². The van der Waals surface area contributed by atoms with Crippen LogP contribution in [0.5, 0.6) is 17.5 Å². The molecule has 1 saturated heterocycles. The molecule has 6 rings (SSSR count). The zero-order valence-electron chi connectivity index (χ0n) is 24.9. The van der Waals surface area contributed by atoms with Gasteiger partial charge in [-0.2, -0.15) is 4.98 Å². The number of aromatic nitrogens is 4. The lowest BCUT2D eigenvalue weighted by Gasteiger charge is -2.15. The van der Waals surface area contributed by atoms with Gasteiger partial charge in [-0.1, -0.05) is 71.4 Å². The number of hydrogen-bond acceptors (Lipinski definition) is 8. The molecule has 3 heterocycles. The number of fused-ring (bicyclic) bond motifs is 1. The van der Waals surface area contributed by atoms with Gasteiger partial charge in [-0.15, -0.1) is 0 Å². The first-order valence-corrected chi connectivity index (χ1v) is 15.8. The molecule has 0 N–H and O–H groups in total. The molecule has 14 heteroatoms. The minimum atomic E-state index is -0.546. The van der Waals surface area contributed by atoms with Crippen LogP contribution in [0.15, 0.2) is 75.2 Å². The summed E-state index contributed by atoms with van der Waals surface area (Å²) in [6.07, 6.45) is 1.73. The SMILES string of the molecule is COc1cc(C=C2SC(=S)N(c3cccc(C)c3)C2=O)ccc1Oc1nc2c(c(=O)n(C)c(=O)n2C)n1Cc1ccc(Cl)cc1Cl. The fraction of sp³-hybridized carbons (Fsp3) is 0.156. The van der Waals surface area contributed by atoms with Crippen LogP contribution < -0.4 is 25.6 Å². The number of aryl methyl sites for hydroxylation is 2. The first kappa shape index (κ1) is 31.6. The molecule has 0 atom stereocenters. The molecule has 5 aromatic rings. The van der Waals surface area contributed by atoms with Crippen molar-refractivity contribution < 1.29 is 14.3 Å². The number of anilines is 1. The average molecular weight is 695 g/mol. The number of methoxy groups -OCH3 is 1. The lowest BCUT2D eigenvalue weighted by atomic mass is 10.1. The van der Waals surface area contributed by atoms with E-state index in [0.29, 0.717) is 41.8 Å². The Morgan fingerprint density at radius 1 is 0.978 bits per heavy atom. The van der Waals surface area contributed by atoms with Crippen molar-refractivity contribution >= 4 is 80.3 Å². The Morgan fingerprint density at radius 3 is 2.48 bits per heavy atom. The van der Waals surface area contributed by atoms with E-state index in [1.165, 1.54) is 42.4 Å². The first-order chi connectivity index (χ1) is 22.0. The number of nitrogens with zero attached hydrogens (tertiary/aromatic N) is 5. The van der Waals surface area contributed by atoms with E-state index in [-0.39, 0.29) is 35.4 Å². The van der Waals surface area contributed by atoms with E-state index < -0.39 is 11.2 Å². The van der Waals surface area contributed by atoms with Crippen molar-refractivity contribution in [3.05, 3.63) is 113 Å². The van der Waals surface area contributed by atoms with Crippen LogP contribution in [0.2, 0.25) is 10.0 Å². The van der Waals surface area contributed by atoms with Crippen LogP contribution >= 0.6 is 47.2 Å². The monoisotopic (exact) mass is 693 g/mol. The minimum Gasteiger partial charge on any atom is -0.493 e. The predicted octanol–water partition coefficient (Wildman–Crippen LogP) is 6.30. The zero-order chi connectivity index (χ0) is 32.9. The molecular formula is C32H25Cl2N5O5S2. The Labute approximate surface area is 282 Å². The van der Waals surface area contributed by atoms with E-state index >= 15 is 0 Å². The third-order valence-electron chi connectivity index (χ3n) is 7.40. The molecule has 1 fully saturated rings. The number of benzene rings is 3. The first-order valence-electron chi connectivity index (χ1n) is 13.8. The summed E-state index contributed by atoms with van der Waals surface area (Å²) in [6.45, 7) is 2.05. The van der Waals surface area contributed by atoms with Gasteiger partial charge >= 0.3 is 11.7 Å². The Morgan fingerprint density at radius 2 is 1.76 bits per heavy atom. The van der Waals surface area contributed by atoms with Crippen molar-refractivity contribution in [2.24, 2.45) is 14.1 Å². The largest absolute Gasteiger partial charge is 0.493 e. The molecule has 1 amide bonds. The van der Waals surface area contributed by atoms with Crippen LogP contribution in [-0.4, -0.2) is 36.0 Å². The number of hydrogen-bond donors (Lipinski definition) is 0. The Kier molecular flexibility index (Phi) is 8.55. The number of thiocarbonyl (C=S) groups is 1. The van der Waals surface area contributed by atoms with Crippen LogP contribution in [0.25, 0.3) is 17.2 Å². The molecule has 46 heavy (non-hydrogen) atoms. The maximum absolute atomic E-state index is 13.3. The maximum Gasteiger partial charge on any atom is 0.332 e.